The number of rotatable bonds is 1. The Hall–Kier alpha value is -1.31. The lowest BCUT2D eigenvalue weighted by Crippen LogP contribution is -2.41. The summed E-state index contributed by atoms with van der Waals surface area (Å²) < 4.78 is 0. The summed E-state index contributed by atoms with van der Waals surface area (Å²) in [6.07, 6.45) is 7.42. The van der Waals surface area contributed by atoms with Crippen molar-refractivity contribution in [2.24, 2.45) is 22.7 Å². The lowest BCUT2D eigenvalue weighted by atomic mass is 9.77. The van der Waals surface area contributed by atoms with Gasteiger partial charge in [0.15, 0.2) is 0 Å². The fourth-order valence-corrected chi connectivity index (χ4v) is 6.41. The molecule has 2 nitrogen and oxygen atoms in total. The van der Waals surface area contributed by atoms with Crippen LogP contribution in [0.25, 0.3) is 0 Å². The van der Waals surface area contributed by atoms with Crippen LogP contribution in [0.3, 0.4) is 0 Å². The van der Waals surface area contributed by atoms with E-state index in [0.29, 0.717) is 11.3 Å². The molecule has 1 heterocycles. The molecular formula is C20H25NO. The molecule has 1 spiro atoms. The highest BCUT2D eigenvalue weighted by Crippen LogP contribution is 2.80. The Morgan fingerprint density at radius 2 is 2.00 bits per heavy atom. The Bertz CT molecular complexity index is 653. The van der Waals surface area contributed by atoms with Gasteiger partial charge in [-0.25, -0.2) is 0 Å². The normalized spacial score (nSPS) is 41.8. The number of hydrogen-bond donors (Lipinski definition) is 0. The van der Waals surface area contributed by atoms with Crippen LogP contribution in [0.1, 0.15) is 50.2 Å². The van der Waals surface area contributed by atoms with E-state index in [4.69, 9.17) is 0 Å². The summed E-state index contributed by atoms with van der Waals surface area (Å²) in [5.41, 5.74) is 3.26. The van der Waals surface area contributed by atoms with Gasteiger partial charge >= 0.3 is 0 Å². The number of carbonyl (C=O) groups excluding carboxylic acids is 1. The first-order valence-electron chi connectivity index (χ1n) is 8.98. The van der Waals surface area contributed by atoms with Crippen LogP contribution in [-0.2, 0) is 17.8 Å². The van der Waals surface area contributed by atoms with Crippen molar-refractivity contribution in [2.75, 3.05) is 6.54 Å². The summed E-state index contributed by atoms with van der Waals surface area (Å²) in [6, 6.07) is 8.64. The summed E-state index contributed by atoms with van der Waals surface area (Å²) in [5.74, 6) is 2.16. The van der Waals surface area contributed by atoms with Crippen LogP contribution in [0.15, 0.2) is 24.3 Å². The standard InChI is InChI=1S/C20H25NO/c1-14-8-15-10-19(9-14)13-20(19,11-15)18(22)21-7-6-16-4-2-3-5-17(16)12-21/h2-5,14-15H,6-13H2,1H3. The van der Waals surface area contributed by atoms with E-state index >= 15 is 0 Å². The quantitative estimate of drug-likeness (QED) is 0.772. The van der Waals surface area contributed by atoms with Gasteiger partial charge in [-0.05, 0) is 66.9 Å². The van der Waals surface area contributed by atoms with Crippen molar-refractivity contribution in [3.05, 3.63) is 35.4 Å². The zero-order valence-electron chi connectivity index (χ0n) is 13.5. The van der Waals surface area contributed by atoms with E-state index < -0.39 is 0 Å². The monoisotopic (exact) mass is 295 g/mol. The topological polar surface area (TPSA) is 20.3 Å². The van der Waals surface area contributed by atoms with Crippen molar-refractivity contribution in [1.82, 2.24) is 4.90 Å². The fourth-order valence-electron chi connectivity index (χ4n) is 6.41. The minimum Gasteiger partial charge on any atom is -0.338 e. The van der Waals surface area contributed by atoms with Gasteiger partial charge in [0.2, 0.25) is 5.91 Å². The van der Waals surface area contributed by atoms with Crippen molar-refractivity contribution in [3.8, 4) is 0 Å². The second kappa shape index (κ2) is 4.15. The molecule has 5 rings (SSSR count). The Morgan fingerprint density at radius 1 is 1.18 bits per heavy atom. The van der Waals surface area contributed by atoms with Gasteiger partial charge in [-0.2, -0.15) is 0 Å². The van der Waals surface area contributed by atoms with E-state index in [2.05, 4.69) is 36.1 Å². The number of fused-ring (bicyclic) bond motifs is 2. The first-order chi connectivity index (χ1) is 10.6. The summed E-state index contributed by atoms with van der Waals surface area (Å²) in [7, 11) is 0. The lowest BCUT2D eigenvalue weighted by Gasteiger charge is -2.32. The van der Waals surface area contributed by atoms with Crippen molar-refractivity contribution in [1.29, 1.82) is 0 Å². The molecule has 2 bridgehead atoms. The minimum absolute atomic E-state index is 0.0503. The number of carbonyl (C=O) groups is 1. The van der Waals surface area contributed by atoms with Crippen LogP contribution in [0, 0.1) is 22.7 Å². The van der Waals surface area contributed by atoms with E-state index in [0.717, 1.165) is 31.3 Å². The molecule has 4 atom stereocenters. The molecule has 1 aliphatic heterocycles. The Balaban J connectivity index is 1.41. The van der Waals surface area contributed by atoms with Crippen LogP contribution < -0.4 is 0 Å². The highest BCUT2D eigenvalue weighted by Gasteiger charge is 2.77. The molecule has 1 amide bonds. The molecule has 0 radical (unpaired) electrons. The van der Waals surface area contributed by atoms with Gasteiger partial charge in [0.05, 0.1) is 5.41 Å². The highest BCUT2D eigenvalue weighted by atomic mass is 16.2. The van der Waals surface area contributed by atoms with Crippen molar-refractivity contribution in [2.45, 2.75) is 52.0 Å². The van der Waals surface area contributed by atoms with E-state index in [9.17, 15) is 4.79 Å². The Morgan fingerprint density at radius 3 is 2.86 bits per heavy atom. The van der Waals surface area contributed by atoms with Crippen LogP contribution in [0.5, 0.6) is 0 Å². The molecule has 3 aliphatic carbocycles. The smallest absolute Gasteiger partial charge is 0.229 e. The predicted molar refractivity (Wildman–Crippen MR) is 86.2 cm³/mol. The second-order valence-electron chi connectivity index (χ2n) is 8.60. The average Bonchev–Trinajstić information content (AvgIpc) is 3.03. The minimum atomic E-state index is 0.0503. The summed E-state index contributed by atoms with van der Waals surface area (Å²) in [6.45, 7) is 4.16. The van der Waals surface area contributed by atoms with E-state index in [1.807, 2.05) is 0 Å². The second-order valence-corrected chi connectivity index (χ2v) is 8.60. The van der Waals surface area contributed by atoms with Gasteiger partial charge in [0, 0.05) is 13.1 Å². The number of hydrogen-bond acceptors (Lipinski definition) is 1. The summed E-state index contributed by atoms with van der Waals surface area (Å²) in [5, 5.41) is 0. The van der Waals surface area contributed by atoms with Gasteiger partial charge in [-0.15, -0.1) is 0 Å². The molecule has 4 unspecified atom stereocenters. The zero-order valence-corrected chi connectivity index (χ0v) is 13.5. The predicted octanol–water partition coefficient (Wildman–Crippen LogP) is 3.79. The van der Waals surface area contributed by atoms with Gasteiger partial charge in [-0.3, -0.25) is 4.79 Å². The number of benzene rings is 1. The Kier molecular flexibility index (Phi) is 2.48. The zero-order chi connectivity index (χ0) is 14.9. The maximum absolute atomic E-state index is 13.3. The number of amides is 1. The first-order valence-corrected chi connectivity index (χ1v) is 8.98. The molecule has 0 aromatic heterocycles. The van der Waals surface area contributed by atoms with Crippen LogP contribution in [0.2, 0.25) is 0 Å². The summed E-state index contributed by atoms with van der Waals surface area (Å²) >= 11 is 0. The van der Waals surface area contributed by atoms with Crippen molar-refractivity contribution >= 4 is 5.91 Å². The molecule has 4 aliphatic rings. The van der Waals surface area contributed by atoms with Crippen LogP contribution in [-0.4, -0.2) is 17.4 Å². The third-order valence-electron chi connectivity index (χ3n) is 7.15. The van der Waals surface area contributed by atoms with E-state index in [-0.39, 0.29) is 5.41 Å². The lowest BCUT2D eigenvalue weighted by molar-refractivity contribution is -0.139. The largest absolute Gasteiger partial charge is 0.338 e. The van der Waals surface area contributed by atoms with Gasteiger partial charge in [0.1, 0.15) is 0 Å². The molecule has 1 aromatic carbocycles. The van der Waals surface area contributed by atoms with Crippen molar-refractivity contribution in [3.63, 3.8) is 0 Å². The molecule has 0 N–H and O–H groups in total. The van der Waals surface area contributed by atoms with Crippen molar-refractivity contribution < 1.29 is 4.79 Å². The van der Waals surface area contributed by atoms with Gasteiger partial charge < -0.3 is 4.90 Å². The molecule has 22 heavy (non-hydrogen) atoms. The third kappa shape index (κ3) is 1.59. The average molecular weight is 295 g/mol. The molecule has 3 saturated carbocycles. The maximum atomic E-state index is 13.3. The third-order valence-corrected chi connectivity index (χ3v) is 7.15. The molecule has 2 heteroatoms. The molecule has 0 saturated heterocycles. The van der Waals surface area contributed by atoms with Crippen LogP contribution >= 0.6 is 0 Å². The van der Waals surface area contributed by atoms with Crippen LogP contribution in [0.4, 0.5) is 0 Å². The summed E-state index contributed by atoms with van der Waals surface area (Å²) in [4.78, 5) is 15.5. The maximum Gasteiger partial charge on any atom is 0.229 e. The fraction of sp³-hybridized carbons (Fsp3) is 0.650. The van der Waals surface area contributed by atoms with E-state index in [1.165, 1.54) is 43.2 Å². The molecule has 116 valence electrons. The van der Waals surface area contributed by atoms with E-state index in [1.54, 1.807) is 0 Å². The SMILES string of the molecule is CC1CC2CC3(C1)CC3(C(=O)N1CCc3ccccc3C1)C2. The number of nitrogens with zero attached hydrogens (tertiary/aromatic N) is 1. The molecule has 3 fully saturated rings. The van der Waals surface area contributed by atoms with Gasteiger partial charge in [-0.1, -0.05) is 31.2 Å². The molecule has 1 aromatic rings. The Labute approximate surface area is 132 Å². The highest BCUT2D eigenvalue weighted by molar-refractivity contribution is 5.88. The first kappa shape index (κ1) is 13.2. The molecular weight excluding hydrogens is 270 g/mol. The van der Waals surface area contributed by atoms with Gasteiger partial charge in [0.25, 0.3) is 0 Å².